The molecule has 3 amide bonds. The molecule has 38 heavy (non-hydrogen) atoms. The first-order valence-electron chi connectivity index (χ1n) is 12.0. The van der Waals surface area contributed by atoms with Crippen LogP contribution in [-0.2, 0) is 39.9 Å². The summed E-state index contributed by atoms with van der Waals surface area (Å²) in [4.78, 5) is 69.0. The molecule has 0 aromatic heterocycles. The minimum Gasteiger partial charge on any atom is -0.651 e. The van der Waals surface area contributed by atoms with Crippen molar-refractivity contribution >= 4 is 40.8 Å². The summed E-state index contributed by atoms with van der Waals surface area (Å²) in [6.07, 6.45) is 2.50. The van der Waals surface area contributed by atoms with E-state index in [0.717, 1.165) is 12.8 Å². The van der Waals surface area contributed by atoms with Gasteiger partial charge < -0.3 is 35.1 Å². The summed E-state index contributed by atoms with van der Waals surface area (Å²) in [5.74, 6) is -1.51. The minimum absolute atomic E-state index is 0. The average molecular weight is 675 g/mol. The fraction of sp³-hybridized carbons (Fsp3) is 0.538. The minimum atomic E-state index is -0.627. The first-order valence-corrected chi connectivity index (χ1v) is 12.0. The molecule has 0 unspecified atom stereocenters. The number of Topliss-reactive ketones (excluding diaryl/α,β-unsaturated/α-hetero) is 3. The quantitative estimate of drug-likeness (QED) is 0.126. The van der Waals surface area contributed by atoms with Gasteiger partial charge in [0, 0.05) is 46.9 Å². The standard InChI is InChI=1S/C26H37N3O7.2Rb.H2/c1-19(30)6-3-4-12-27-24(33)7-5-14-36-15-13-28-25(34)18-26(35)29-22-10-8-21(9-11-22)17-23(32)16-20(2)31;;;/h8-11H,3-7,12-18H2,1-2H3,(H3,27,28,29,33,34,35);;;1H/q;2*+1;/p-2. The smallest absolute Gasteiger partial charge is 0.651 e. The number of ketones is 3. The van der Waals surface area contributed by atoms with E-state index >= 15 is 0 Å². The van der Waals surface area contributed by atoms with Gasteiger partial charge in [0.25, 0.3) is 0 Å². The van der Waals surface area contributed by atoms with Crippen LogP contribution in [0, 0.1) is 0 Å². The summed E-state index contributed by atoms with van der Waals surface area (Å²) in [5.41, 5.74) is 1.07. The molecule has 0 saturated carbocycles. The van der Waals surface area contributed by atoms with Crippen LogP contribution >= 0.6 is 0 Å². The van der Waals surface area contributed by atoms with Crippen molar-refractivity contribution in [2.45, 2.75) is 65.2 Å². The SMILES string of the molecule is CC(=O)CCCCNC(=O)CCCOCC[N-]C(=O)CC(=O)[N-]c1ccc(CC(=O)CC(C)=O)cc1.[HH].[Rb+].[Rb+]. The number of unbranched alkanes of at least 4 members (excludes halogenated alkanes) is 1. The molecule has 200 valence electrons. The Balaban J connectivity index is -0.00000432. The number of carbonyl (C=O) groups excluding carboxylic acids is 6. The maximum atomic E-state index is 12.0. The third kappa shape index (κ3) is 23.0. The van der Waals surface area contributed by atoms with E-state index in [4.69, 9.17) is 4.74 Å². The van der Waals surface area contributed by atoms with Crippen molar-refractivity contribution in [3.8, 4) is 0 Å². The van der Waals surface area contributed by atoms with Crippen LogP contribution in [0.2, 0.25) is 0 Å². The normalized spacial score (nSPS) is 9.84. The van der Waals surface area contributed by atoms with Crippen LogP contribution < -0.4 is 122 Å². The zero-order valence-electron chi connectivity index (χ0n) is 23.0. The van der Waals surface area contributed by atoms with Crippen LogP contribution in [-0.4, -0.2) is 61.4 Å². The number of ether oxygens (including phenoxy) is 1. The van der Waals surface area contributed by atoms with Crippen LogP contribution in [0.5, 0.6) is 0 Å². The number of rotatable bonds is 19. The third-order valence-electron chi connectivity index (χ3n) is 4.83. The van der Waals surface area contributed by atoms with Gasteiger partial charge in [-0.2, -0.15) is 0 Å². The van der Waals surface area contributed by atoms with E-state index in [1.54, 1.807) is 31.2 Å². The molecule has 12 heteroatoms. The molecule has 0 saturated heterocycles. The Morgan fingerprint density at radius 3 is 2.13 bits per heavy atom. The molecule has 0 aliphatic heterocycles. The Hall–Kier alpha value is 0.210. The summed E-state index contributed by atoms with van der Waals surface area (Å²) < 4.78 is 5.35. The molecule has 0 radical (unpaired) electrons. The van der Waals surface area contributed by atoms with Crippen LogP contribution in [0.1, 0.15) is 65.8 Å². The second kappa shape index (κ2) is 25.0. The third-order valence-corrected chi connectivity index (χ3v) is 4.83. The fourth-order valence-electron chi connectivity index (χ4n) is 3.11. The van der Waals surface area contributed by atoms with E-state index in [0.29, 0.717) is 43.7 Å². The van der Waals surface area contributed by atoms with Gasteiger partial charge in [0.1, 0.15) is 17.3 Å². The topological polar surface area (TPSA) is 152 Å². The van der Waals surface area contributed by atoms with Crippen molar-refractivity contribution in [2.24, 2.45) is 0 Å². The van der Waals surface area contributed by atoms with Crippen molar-refractivity contribution in [3.05, 3.63) is 40.5 Å². The van der Waals surface area contributed by atoms with Crippen molar-refractivity contribution in [3.63, 3.8) is 0 Å². The van der Waals surface area contributed by atoms with E-state index in [9.17, 15) is 28.8 Å². The zero-order valence-corrected chi connectivity index (χ0v) is 32.9. The Morgan fingerprint density at radius 2 is 1.50 bits per heavy atom. The van der Waals surface area contributed by atoms with Gasteiger partial charge in [-0.25, -0.2) is 0 Å². The summed E-state index contributed by atoms with van der Waals surface area (Å²) in [6.45, 7) is 4.12. The molecule has 1 aromatic carbocycles. The first-order chi connectivity index (χ1) is 17.2. The van der Waals surface area contributed by atoms with Crippen LogP contribution in [0.3, 0.4) is 0 Å². The largest absolute Gasteiger partial charge is 1.00 e. The zero-order chi connectivity index (χ0) is 26.8. The van der Waals surface area contributed by atoms with Gasteiger partial charge in [0.2, 0.25) is 5.91 Å². The second-order valence-corrected chi connectivity index (χ2v) is 8.44. The molecular weight excluding hydrogens is 637 g/mol. The van der Waals surface area contributed by atoms with Gasteiger partial charge in [-0.3, -0.25) is 14.4 Å². The second-order valence-electron chi connectivity index (χ2n) is 8.44. The van der Waals surface area contributed by atoms with Gasteiger partial charge >= 0.3 is 116 Å². The first kappa shape index (κ1) is 40.3. The average Bonchev–Trinajstić information content (AvgIpc) is 2.78. The number of nitrogens with one attached hydrogen (secondary N) is 1. The van der Waals surface area contributed by atoms with Crippen LogP contribution in [0.4, 0.5) is 5.69 Å². The van der Waals surface area contributed by atoms with E-state index in [1.807, 2.05) is 0 Å². The molecular formula is C26H37N3O7Rb2. The van der Waals surface area contributed by atoms with E-state index in [-0.39, 0.29) is 167 Å². The molecule has 0 spiro atoms. The Morgan fingerprint density at radius 1 is 0.816 bits per heavy atom. The molecule has 0 heterocycles. The number of hydrogen-bond donors (Lipinski definition) is 1. The van der Waals surface area contributed by atoms with E-state index < -0.39 is 18.2 Å². The number of nitrogens with zero attached hydrogens (tertiary/aromatic N) is 2. The molecule has 0 fully saturated rings. The molecule has 0 aliphatic carbocycles. The van der Waals surface area contributed by atoms with Crippen molar-refractivity contribution in [1.82, 2.24) is 5.32 Å². The van der Waals surface area contributed by atoms with Crippen molar-refractivity contribution < 1.29 is 151 Å². The maximum Gasteiger partial charge on any atom is 1.00 e. The molecule has 0 atom stereocenters. The van der Waals surface area contributed by atoms with E-state index in [2.05, 4.69) is 16.0 Å². The summed E-state index contributed by atoms with van der Waals surface area (Å²) >= 11 is 0. The van der Waals surface area contributed by atoms with Crippen LogP contribution in [0.15, 0.2) is 24.3 Å². The number of carbonyl (C=O) groups is 6. The van der Waals surface area contributed by atoms with Gasteiger partial charge in [0.15, 0.2) is 0 Å². The predicted molar refractivity (Wildman–Crippen MR) is 136 cm³/mol. The number of hydrogen-bond acceptors (Lipinski definition) is 7. The predicted octanol–water partition coefficient (Wildman–Crippen LogP) is -2.47. The maximum absolute atomic E-state index is 12.0. The molecule has 1 aromatic rings. The summed E-state index contributed by atoms with van der Waals surface area (Å²) in [5, 5.41) is 10.4. The fourth-order valence-corrected chi connectivity index (χ4v) is 3.11. The van der Waals surface area contributed by atoms with Crippen LogP contribution in [0.25, 0.3) is 10.6 Å². The van der Waals surface area contributed by atoms with Gasteiger partial charge in [-0.1, -0.05) is 24.3 Å². The van der Waals surface area contributed by atoms with Crippen molar-refractivity contribution in [1.29, 1.82) is 0 Å². The molecule has 1 rings (SSSR count). The number of amides is 3. The summed E-state index contributed by atoms with van der Waals surface area (Å²) in [7, 11) is 0. The van der Waals surface area contributed by atoms with E-state index in [1.165, 1.54) is 6.92 Å². The van der Waals surface area contributed by atoms with Crippen molar-refractivity contribution in [2.75, 3.05) is 26.3 Å². The molecule has 0 bridgehead atoms. The Bertz CT molecular complexity index is 915. The monoisotopic (exact) mass is 673 g/mol. The Kier molecular flexibility index (Phi) is 26.5. The number of benzene rings is 1. The van der Waals surface area contributed by atoms with Gasteiger partial charge in [-0.05, 0) is 38.7 Å². The molecule has 0 aliphatic rings. The summed E-state index contributed by atoms with van der Waals surface area (Å²) in [6, 6.07) is 6.43. The molecule has 10 nitrogen and oxygen atoms in total. The van der Waals surface area contributed by atoms with Gasteiger partial charge in [0.05, 0.1) is 18.2 Å². The van der Waals surface area contributed by atoms with Gasteiger partial charge in [-0.15, -0.1) is 12.2 Å². The molecule has 1 N–H and O–H groups in total. The Labute approximate surface area is 324 Å².